The van der Waals surface area contributed by atoms with Crippen LogP contribution in [0.5, 0.6) is 5.75 Å². The Labute approximate surface area is 153 Å². The Bertz CT molecular complexity index is 499. The first-order valence-corrected chi connectivity index (χ1v) is 10.3. The van der Waals surface area contributed by atoms with Crippen molar-refractivity contribution in [2.24, 2.45) is 0 Å². The number of hydrogen-bond donors (Lipinski definition) is 1. The summed E-state index contributed by atoms with van der Waals surface area (Å²) in [6.45, 7) is 5.63. The molecule has 1 aliphatic heterocycles. The van der Waals surface area contributed by atoms with Crippen molar-refractivity contribution >= 4 is 0 Å². The second kappa shape index (κ2) is 9.05. The van der Waals surface area contributed by atoms with Gasteiger partial charge in [-0.25, -0.2) is 0 Å². The number of β-amino-alcohol motifs (C(OH)–C–C–N with tert-alkyl or cyclic N) is 1. The molecule has 3 heteroatoms. The predicted molar refractivity (Wildman–Crippen MR) is 103 cm³/mol. The molecule has 1 aliphatic carbocycles. The molecule has 0 bridgehead atoms. The first-order valence-electron chi connectivity index (χ1n) is 10.3. The van der Waals surface area contributed by atoms with Gasteiger partial charge in [-0.15, -0.1) is 0 Å². The molecule has 0 unspecified atom stereocenters. The van der Waals surface area contributed by atoms with E-state index in [-0.39, 0.29) is 0 Å². The molecule has 0 aromatic heterocycles. The monoisotopic (exact) mass is 345 g/mol. The fraction of sp³-hybridized carbons (Fsp3) is 0.727. The molecule has 3 rings (SSSR count). The van der Waals surface area contributed by atoms with Gasteiger partial charge >= 0.3 is 0 Å². The number of aliphatic hydroxyl groups excluding tert-OH is 1. The third-order valence-electron chi connectivity index (χ3n) is 6.20. The van der Waals surface area contributed by atoms with Gasteiger partial charge in [0, 0.05) is 18.6 Å². The number of nitrogens with zero attached hydrogens (tertiary/aromatic N) is 1. The molecule has 1 aromatic rings. The molecule has 1 N–H and O–H groups in total. The number of ether oxygens (including phenoxy) is 1. The molecule has 3 nitrogen and oxygen atoms in total. The summed E-state index contributed by atoms with van der Waals surface area (Å²) in [5.74, 6) is 1.61. The quantitative estimate of drug-likeness (QED) is 0.808. The molecule has 2 aliphatic rings. The maximum atomic E-state index is 10.4. The van der Waals surface area contributed by atoms with Crippen LogP contribution in [0.2, 0.25) is 0 Å². The van der Waals surface area contributed by atoms with E-state index in [1.54, 1.807) is 0 Å². The lowest BCUT2D eigenvalue weighted by atomic mass is 9.84. The maximum absolute atomic E-state index is 10.4. The fourth-order valence-corrected chi connectivity index (χ4v) is 4.60. The highest BCUT2D eigenvalue weighted by Gasteiger charge is 2.26. The Morgan fingerprint density at radius 1 is 0.960 bits per heavy atom. The largest absolute Gasteiger partial charge is 0.491 e. The van der Waals surface area contributed by atoms with Gasteiger partial charge in [-0.2, -0.15) is 0 Å². The van der Waals surface area contributed by atoms with Crippen LogP contribution in [-0.4, -0.2) is 41.3 Å². The van der Waals surface area contributed by atoms with Crippen molar-refractivity contribution in [2.45, 2.75) is 89.3 Å². The normalized spacial score (nSPS) is 27.2. The molecule has 1 aromatic carbocycles. The van der Waals surface area contributed by atoms with Gasteiger partial charge in [0.1, 0.15) is 18.5 Å². The Hall–Kier alpha value is -1.06. The molecule has 1 heterocycles. The van der Waals surface area contributed by atoms with Gasteiger partial charge in [-0.1, -0.05) is 37.8 Å². The molecule has 25 heavy (non-hydrogen) atoms. The van der Waals surface area contributed by atoms with Gasteiger partial charge in [0.2, 0.25) is 0 Å². The van der Waals surface area contributed by atoms with Crippen molar-refractivity contribution in [3.8, 4) is 5.75 Å². The molecule has 1 saturated carbocycles. The Balaban J connectivity index is 1.46. The summed E-state index contributed by atoms with van der Waals surface area (Å²) in [4.78, 5) is 2.43. The van der Waals surface area contributed by atoms with E-state index < -0.39 is 6.10 Å². The number of likely N-dealkylation sites (tertiary alicyclic amines) is 1. The second-order valence-electron chi connectivity index (χ2n) is 8.19. The molecule has 0 radical (unpaired) electrons. The standard InChI is InChI=1S/C22H35NO2/c1-17-7-6-8-18(2)23(17)15-21(24)16-25-22-13-11-20(12-14-22)19-9-4-3-5-10-19/h11-14,17-19,21,24H,3-10,15-16H2,1-2H3/t17-,18-,21+/m1/s1. The van der Waals surface area contributed by atoms with Gasteiger partial charge in [-0.05, 0) is 63.1 Å². The molecule has 0 spiro atoms. The third kappa shape index (κ3) is 5.21. The highest BCUT2D eigenvalue weighted by atomic mass is 16.5. The number of aliphatic hydroxyl groups is 1. The first-order chi connectivity index (χ1) is 12.1. The topological polar surface area (TPSA) is 32.7 Å². The lowest BCUT2D eigenvalue weighted by Gasteiger charge is -2.40. The number of rotatable bonds is 6. The van der Waals surface area contributed by atoms with E-state index in [0.717, 1.165) is 11.7 Å². The summed E-state index contributed by atoms with van der Waals surface area (Å²) in [7, 11) is 0. The summed E-state index contributed by atoms with van der Waals surface area (Å²) in [6, 6.07) is 9.70. The Morgan fingerprint density at radius 2 is 1.60 bits per heavy atom. The lowest BCUT2D eigenvalue weighted by molar-refractivity contribution is 0.0209. The highest BCUT2D eigenvalue weighted by molar-refractivity contribution is 5.29. The third-order valence-corrected chi connectivity index (χ3v) is 6.20. The Kier molecular flexibility index (Phi) is 6.77. The molecule has 0 amide bonds. The summed E-state index contributed by atoms with van der Waals surface area (Å²) < 4.78 is 5.85. The van der Waals surface area contributed by atoms with Crippen molar-refractivity contribution in [2.75, 3.05) is 13.2 Å². The number of piperidine rings is 1. The summed E-state index contributed by atoms with van der Waals surface area (Å²) in [5.41, 5.74) is 1.45. The summed E-state index contributed by atoms with van der Waals surface area (Å²) in [6.07, 6.45) is 10.1. The van der Waals surface area contributed by atoms with E-state index in [2.05, 4.69) is 43.0 Å². The SMILES string of the molecule is C[C@@H]1CCC[C@@H](C)N1C[C@H](O)COc1ccc(C2CCCCC2)cc1. The predicted octanol–water partition coefficient (Wildman–Crippen LogP) is 4.74. The number of hydrogen-bond acceptors (Lipinski definition) is 3. The van der Waals surface area contributed by atoms with Gasteiger partial charge in [0.05, 0.1) is 0 Å². The van der Waals surface area contributed by atoms with Gasteiger partial charge in [0.15, 0.2) is 0 Å². The van der Waals surface area contributed by atoms with E-state index in [1.165, 1.54) is 56.9 Å². The molecule has 140 valence electrons. The van der Waals surface area contributed by atoms with Crippen molar-refractivity contribution in [3.05, 3.63) is 29.8 Å². The average Bonchev–Trinajstić information content (AvgIpc) is 2.64. The molecular weight excluding hydrogens is 310 g/mol. The van der Waals surface area contributed by atoms with Gasteiger partial charge < -0.3 is 9.84 Å². The highest BCUT2D eigenvalue weighted by Crippen LogP contribution is 2.33. The van der Waals surface area contributed by atoms with Crippen LogP contribution in [0, 0.1) is 0 Å². The maximum Gasteiger partial charge on any atom is 0.119 e. The lowest BCUT2D eigenvalue weighted by Crippen LogP contribution is -2.48. The van der Waals surface area contributed by atoms with Gasteiger partial charge in [0.25, 0.3) is 0 Å². The minimum Gasteiger partial charge on any atom is -0.491 e. The fourth-order valence-electron chi connectivity index (χ4n) is 4.60. The zero-order valence-electron chi connectivity index (χ0n) is 16.0. The smallest absolute Gasteiger partial charge is 0.119 e. The van der Waals surface area contributed by atoms with Crippen molar-refractivity contribution in [3.63, 3.8) is 0 Å². The van der Waals surface area contributed by atoms with Crippen LogP contribution in [0.15, 0.2) is 24.3 Å². The summed E-state index contributed by atoms with van der Waals surface area (Å²) in [5, 5.41) is 10.4. The van der Waals surface area contributed by atoms with E-state index in [1.807, 2.05) is 0 Å². The number of benzene rings is 1. The van der Waals surface area contributed by atoms with Crippen molar-refractivity contribution in [1.82, 2.24) is 4.90 Å². The molecule has 3 atom stereocenters. The van der Waals surface area contributed by atoms with Crippen LogP contribution in [0.4, 0.5) is 0 Å². The molecular formula is C22H35NO2. The van der Waals surface area contributed by atoms with E-state index in [9.17, 15) is 5.11 Å². The second-order valence-corrected chi connectivity index (χ2v) is 8.19. The van der Waals surface area contributed by atoms with E-state index in [0.29, 0.717) is 25.2 Å². The van der Waals surface area contributed by atoms with Crippen LogP contribution >= 0.6 is 0 Å². The molecule has 2 fully saturated rings. The van der Waals surface area contributed by atoms with Crippen LogP contribution in [0.3, 0.4) is 0 Å². The van der Waals surface area contributed by atoms with Crippen LogP contribution < -0.4 is 4.74 Å². The van der Waals surface area contributed by atoms with E-state index in [4.69, 9.17) is 4.74 Å². The minimum atomic E-state index is -0.430. The van der Waals surface area contributed by atoms with Crippen LogP contribution in [0.25, 0.3) is 0 Å². The van der Waals surface area contributed by atoms with Crippen LogP contribution in [0.1, 0.15) is 76.7 Å². The van der Waals surface area contributed by atoms with Crippen LogP contribution in [-0.2, 0) is 0 Å². The zero-order valence-corrected chi connectivity index (χ0v) is 16.0. The van der Waals surface area contributed by atoms with Crippen molar-refractivity contribution in [1.29, 1.82) is 0 Å². The molecule has 1 saturated heterocycles. The first kappa shape index (κ1) is 18.7. The zero-order chi connectivity index (χ0) is 17.6. The minimum absolute atomic E-state index is 0.374. The van der Waals surface area contributed by atoms with Crippen molar-refractivity contribution < 1.29 is 9.84 Å². The van der Waals surface area contributed by atoms with Gasteiger partial charge in [-0.3, -0.25) is 4.90 Å². The van der Waals surface area contributed by atoms with E-state index >= 15 is 0 Å². The average molecular weight is 346 g/mol. The summed E-state index contributed by atoms with van der Waals surface area (Å²) >= 11 is 0. The Morgan fingerprint density at radius 3 is 2.24 bits per heavy atom.